The highest BCUT2D eigenvalue weighted by Crippen LogP contribution is 2.21. The molecule has 0 bridgehead atoms. The lowest BCUT2D eigenvalue weighted by atomic mass is 10.2. The monoisotopic (exact) mass is 377 g/mol. The lowest BCUT2D eigenvalue weighted by molar-refractivity contribution is -0.384. The minimum absolute atomic E-state index is 0.0228. The van der Waals surface area contributed by atoms with E-state index in [9.17, 15) is 19.7 Å². The molecule has 0 aliphatic rings. The first-order chi connectivity index (χ1) is 12.4. The molecule has 0 radical (unpaired) electrons. The standard InChI is InChI=1S/C17H16ClN3O5/c1-2-11-3-6-13(7-4-11)26-10-16(22)19-20-17(23)14-9-12(21(24)25)5-8-15(14)18/h3-9H,2,10H2,1H3,(H,19,22)(H,20,23). The summed E-state index contributed by atoms with van der Waals surface area (Å²) in [5.74, 6) is -0.857. The van der Waals surface area contributed by atoms with Crippen LogP contribution in [0, 0.1) is 10.1 Å². The molecule has 2 rings (SSSR count). The van der Waals surface area contributed by atoms with Gasteiger partial charge in [0, 0.05) is 12.1 Å². The lowest BCUT2D eigenvalue weighted by Gasteiger charge is -2.10. The number of carbonyl (C=O) groups is 2. The van der Waals surface area contributed by atoms with Crippen molar-refractivity contribution in [2.24, 2.45) is 0 Å². The van der Waals surface area contributed by atoms with Crippen LogP contribution in [0.1, 0.15) is 22.8 Å². The first-order valence-corrected chi connectivity index (χ1v) is 8.03. The number of nitro groups is 1. The number of hydrazine groups is 1. The van der Waals surface area contributed by atoms with E-state index >= 15 is 0 Å². The second-order valence-corrected chi connectivity index (χ2v) is 5.62. The van der Waals surface area contributed by atoms with Gasteiger partial charge in [0.05, 0.1) is 15.5 Å². The molecule has 26 heavy (non-hydrogen) atoms. The number of aryl methyl sites for hydroxylation is 1. The average Bonchev–Trinajstić information content (AvgIpc) is 2.65. The van der Waals surface area contributed by atoms with E-state index in [-0.39, 0.29) is 22.9 Å². The van der Waals surface area contributed by atoms with Gasteiger partial charge in [0.15, 0.2) is 6.61 Å². The summed E-state index contributed by atoms with van der Waals surface area (Å²) in [6.45, 7) is 1.72. The number of benzene rings is 2. The van der Waals surface area contributed by atoms with E-state index in [0.29, 0.717) is 5.75 Å². The largest absolute Gasteiger partial charge is 0.484 e. The molecule has 0 fully saturated rings. The molecular weight excluding hydrogens is 362 g/mol. The van der Waals surface area contributed by atoms with Crippen LogP contribution in [0.5, 0.6) is 5.75 Å². The maximum atomic E-state index is 12.0. The SMILES string of the molecule is CCc1ccc(OCC(=O)NNC(=O)c2cc([N+](=O)[O-])ccc2Cl)cc1. The highest BCUT2D eigenvalue weighted by molar-refractivity contribution is 6.34. The zero-order chi connectivity index (χ0) is 19.1. The molecule has 2 amide bonds. The topological polar surface area (TPSA) is 111 Å². The second kappa shape index (κ2) is 8.82. The van der Waals surface area contributed by atoms with E-state index in [2.05, 4.69) is 10.9 Å². The molecule has 0 unspecified atom stereocenters. The van der Waals surface area contributed by atoms with Gasteiger partial charge in [0.25, 0.3) is 17.5 Å². The van der Waals surface area contributed by atoms with Gasteiger partial charge in [-0.25, -0.2) is 0 Å². The van der Waals surface area contributed by atoms with Crippen molar-refractivity contribution < 1.29 is 19.2 Å². The first kappa shape index (κ1) is 19.2. The van der Waals surface area contributed by atoms with Crippen molar-refractivity contribution in [3.05, 3.63) is 68.7 Å². The third-order valence-electron chi connectivity index (χ3n) is 3.42. The van der Waals surface area contributed by atoms with Crippen LogP contribution in [-0.4, -0.2) is 23.3 Å². The molecule has 0 aromatic heterocycles. The highest BCUT2D eigenvalue weighted by Gasteiger charge is 2.16. The fourth-order valence-corrected chi connectivity index (χ4v) is 2.20. The number of hydrogen-bond acceptors (Lipinski definition) is 5. The van der Waals surface area contributed by atoms with E-state index in [4.69, 9.17) is 16.3 Å². The number of nitrogens with zero attached hydrogens (tertiary/aromatic N) is 1. The third-order valence-corrected chi connectivity index (χ3v) is 3.75. The molecule has 0 saturated heterocycles. The molecule has 2 N–H and O–H groups in total. The fourth-order valence-electron chi connectivity index (χ4n) is 2.00. The van der Waals surface area contributed by atoms with Crippen LogP contribution in [0.4, 0.5) is 5.69 Å². The Hall–Kier alpha value is -3.13. The molecular formula is C17H16ClN3O5. The van der Waals surface area contributed by atoms with E-state index in [1.807, 2.05) is 19.1 Å². The molecule has 0 heterocycles. The van der Waals surface area contributed by atoms with Crippen LogP contribution in [-0.2, 0) is 11.2 Å². The van der Waals surface area contributed by atoms with E-state index in [1.165, 1.54) is 12.1 Å². The molecule has 136 valence electrons. The quantitative estimate of drug-likeness (QED) is 0.594. The Bertz CT molecular complexity index is 824. The summed E-state index contributed by atoms with van der Waals surface area (Å²) < 4.78 is 5.30. The number of amides is 2. The number of halogens is 1. The van der Waals surface area contributed by atoms with Gasteiger partial charge in [-0.15, -0.1) is 0 Å². The minimum atomic E-state index is -0.778. The van der Waals surface area contributed by atoms with Crippen molar-refractivity contribution in [2.45, 2.75) is 13.3 Å². The summed E-state index contributed by atoms with van der Waals surface area (Å²) in [5.41, 5.74) is 5.02. The normalized spacial score (nSPS) is 10.1. The van der Waals surface area contributed by atoms with Gasteiger partial charge in [-0.2, -0.15) is 0 Å². The fraction of sp³-hybridized carbons (Fsp3) is 0.176. The predicted molar refractivity (Wildman–Crippen MR) is 95.0 cm³/mol. The maximum absolute atomic E-state index is 12.0. The van der Waals surface area contributed by atoms with Crippen LogP contribution in [0.3, 0.4) is 0 Å². The lowest BCUT2D eigenvalue weighted by Crippen LogP contribution is -2.43. The predicted octanol–water partition coefficient (Wildman–Crippen LogP) is 2.65. The number of nitrogens with one attached hydrogen (secondary N) is 2. The van der Waals surface area contributed by atoms with Crippen LogP contribution in [0.25, 0.3) is 0 Å². The molecule has 0 saturated carbocycles. The van der Waals surface area contributed by atoms with Gasteiger partial charge in [0.1, 0.15) is 5.75 Å². The van der Waals surface area contributed by atoms with Gasteiger partial charge in [0.2, 0.25) is 0 Å². The highest BCUT2D eigenvalue weighted by atomic mass is 35.5. The molecule has 8 nitrogen and oxygen atoms in total. The zero-order valence-corrected chi connectivity index (χ0v) is 14.6. The average molecular weight is 378 g/mol. The van der Waals surface area contributed by atoms with E-state index in [1.54, 1.807) is 12.1 Å². The van der Waals surface area contributed by atoms with Crippen molar-refractivity contribution in [1.29, 1.82) is 0 Å². The van der Waals surface area contributed by atoms with Crippen LogP contribution in [0.2, 0.25) is 5.02 Å². The Morgan fingerprint density at radius 3 is 2.46 bits per heavy atom. The number of carbonyl (C=O) groups excluding carboxylic acids is 2. The molecule has 2 aromatic carbocycles. The molecule has 2 aromatic rings. The van der Waals surface area contributed by atoms with Crippen LogP contribution in [0.15, 0.2) is 42.5 Å². The summed E-state index contributed by atoms with van der Waals surface area (Å²) in [5, 5.41) is 10.8. The van der Waals surface area contributed by atoms with Crippen LogP contribution < -0.4 is 15.6 Å². The number of hydrogen-bond donors (Lipinski definition) is 2. The smallest absolute Gasteiger partial charge is 0.276 e. The van der Waals surface area contributed by atoms with Crippen molar-refractivity contribution in [1.82, 2.24) is 10.9 Å². The summed E-state index contributed by atoms with van der Waals surface area (Å²) in [4.78, 5) is 33.9. The Kier molecular flexibility index (Phi) is 6.51. The minimum Gasteiger partial charge on any atom is -0.484 e. The van der Waals surface area contributed by atoms with Crippen molar-refractivity contribution in [3.63, 3.8) is 0 Å². The van der Waals surface area contributed by atoms with Gasteiger partial charge in [-0.3, -0.25) is 30.6 Å². The Morgan fingerprint density at radius 2 is 1.85 bits per heavy atom. The second-order valence-electron chi connectivity index (χ2n) is 5.21. The molecule has 9 heteroatoms. The first-order valence-electron chi connectivity index (χ1n) is 7.65. The van der Waals surface area contributed by atoms with E-state index in [0.717, 1.165) is 18.1 Å². The van der Waals surface area contributed by atoms with Crippen molar-refractivity contribution in [2.75, 3.05) is 6.61 Å². The summed E-state index contributed by atoms with van der Waals surface area (Å²) >= 11 is 5.86. The van der Waals surface area contributed by atoms with Gasteiger partial charge >= 0.3 is 0 Å². The zero-order valence-electron chi connectivity index (χ0n) is 13.8. The molecule has 0 atom stereocenters. The van der Waals surface area contributed by atoms with Gasteiger partial charge < -0.3 is 4.74 Å². The van der Waals surface area contributed by atoms with Gasteiger partial charge in [-0.1, -0.05) is 30.7 Å². The third kappa shape index (κ3) is 5.18. The Balaban J connectivity index is 1.87. The number of non-ortho nitro benzene ring substituents is 1. The van der Waals surface area contributed by atoms with Gasteiger partial charge in [-0.05, 0) is 30.2 Å². The van der Waals surface area contributed by atoms with E-state index < -0.39 is 16.7 Å². The van der Waals surface area contributed by atoms with Crippen molar-refractivity contribution >= 4 is 29.1 Å². The molecule has 0 spiro atoms. The number of nitro benzene ring substituents is 1. The Labute approximate surface area is 154 Å². The maximum Gasteiger partial charge on any atom is 0.276 e. The van der Waals surface area contributed by atoms with Crippen LogP contribution >= 0.6 is 11.6 Å². The molecule has 0 aliphatic heterocycles. The summed E-state index contributed by atoms with van der Waals surface area (Å²) in [7, 11) is 0. The number of ether oxygens (including phenoxy) is 1. The summed E-state index contributed by atoms with van der Waals surface area (Å²) in [6, 6.07) is 10.7. The Morgan fingerprint density at radius 1 is 1.15 bits per heavy atom. The number of rotatable bonds is 6. The summed E-state index contributed by atoms with van der Waals surface area (Å²) in [6.07, 6.45) is 0.896. The molecule has 0 aliphatic carbocycles. The van der Waals surface area contributed by atoms with Crippen molar-refractivity contribution in [3.8, 4) is 5.75 Å².